The Morgan fingerprint density at radius 1 is 1.16 bits per heavy atom. The summed E-state index contributed by atoms with van der Waals surface area (Å²) in [5.74, 6) is 0.112. The van der Waals surface area contributed by atoms with Crippen molar-refractivity contribution in [3.63, 3.8) is 0 Å². The third-order valence-electron chi connectivity index (χ3n) is 5.04. The Kier molecular flexibility index (Phi) is 13.1. The lowest BCUT2D eigenvalue weighted by Crippen LogP contribution is -2.18. The van der Waals surface area contributed by atoms with Gasteiger partial charge in [0.25, 0.3) is 0 Å². The number of halogens is 1. The molecule has 0 aliphatic heterocycles. The van der Waals surface area contributed by atoms with E-state index in [1.165, 1.54) is 16.2 Å². The van der Waals surface area contributed by atoms with Gasteiger partial charge >= 0.3 is 5.97 Å². The van der Waals surface area contributed by atoms with Gasteiger partial charge in [-0.25, -0.2) is 4.79 Å². The van der Waals surface area contributed by atoms with Gasteiger partial charge in [0.2, 0.25) is 0 Å². The van der Waals surface area contributed by atoms with Crippen LogP contribution in [0.1, 0.15) is 75.7 Å². The molecule has 0 aliphatic rings. The van der Waals surface area contributed by atoms with Crippen molar-refractivity contribution in [2.24, 2.45) is 10.9 Å². The number of hydrogen-bond acceptors (Lipinski definition) is 4. The number of rotatable bonds is 13. The molecule has 0 N–H and O–H groups in total. The van der Waals surface area contributed by atoms with E-state index in [-0.39, 0.29) is 5.97 Å². The number of carbonyl (C=O) groups is 1. The number of nitrogens with zero attached hydrogens (tertiary/aromatic N) is 2. The molecule has 0 saturated carbocycles. The number of aryl methyl sites for hydroxylation is 1. The molecule has 0 aromatic heterocycles. The molecule has 1 rings (SSSR count). The third-order valence-corrected chi connectivity index (χ3v) is 5.93. The van der Waals surface area contributed by atoms with Gasteiger partial charge in [0.05, 0.1) is 11.3 Å². The normalized spacial score (nSPS) is 13.4. The monoisotopic (exact) mass is 502 g/mol. The van der Waals surface area contributed by atoms with E-state index in [1.807, 2.05) is 31.2 Å². The Hall–Kier alpha value is -1.98. The van der Waals surface area contributed by atoms with Crippen LogP contribution in [0.15, 0.2) is 63.7 Å². The fraction of sp³-hybridized carbons (Fsp3) is 0.481. The summed E-state index contributed by atoms with van der Waals surface area (Å²) >= 11 is 3.54. The SMILES string of the molecule is C=C/C(Br)=C(\C)N=C(C=C(C)C)C(CCC)CCCCc1ccc(C(=O)ON(C)C)cc1. The molecule has 4 nitrogen and oxygen atoms in total. The Morgan fingerprint density at radius 2 is 1.81 bits per heavy atom. The first-order valence-corrected chi connectivity index (χ1v) is 12.2. The van der Waals surface area contributed by atoms with Crippen molar-refractivity contribution in [1.29, 1.82) is 0 Å². The van der Waals surface area contributed by atoms with E-state index in [0.29, 0.717) is 11.5 Å². The number of hydrogen-bond donors (Lipinski definition) is 0. The summed E-state index contributed by atoms with van der Waals surface area (Å²) < 4.78 is 0.935. The first-order chi connectivity index (χ1) is 15.2. The first-order valence-electron chi connectivity index (χ1n) is 11.4. The molecule has 1 aromatic carbocycles. The largest absolute Gasteiger partial charge is 0.364 e. The average Bonchev–Trinajstić information content (AvgIpc) is 2.74. The molecule has 0 saturated heterocycles. The molecule has 0 bridgehead atoms. The van der Waals surface area contributed by atoms with Crippen LogP contribution in [0.3, 0.4) is 0 Å². The molecule has 5 heteroatoms. The Labute approximate surface area is 203 Å². The van der Waals surface area contributed by atoms with Crippen LogP contribution in [0.5, 0.6) is 0 Å². The van der Waals surface area contributed by atoms with Gasteiger partial charge in [-0.05, 0) is 86.2 Å². The second-order valence-electron chi connectivity index (χ2n) is 8.52. The van der Waals surface area contributed by atoms with Gasteiger partial charge < -0.3 is 4.84 Å². The number of allylic oxidation sites excluding steroid dienone is 5. The fourth-order valence-corrected chi connectivity index (χ4v) is 3.56. The summed E-state index contributed by atoms with van der Waals surface area (Å²) in [6, 6.07) is 7.72. The lowest BCUT2D eigenvalue weighted by molar-refractivity contribution is -0.0713. The van der Waals surface area contributed by atoms with Crippen LogP contribution < -0.4 is 0 Å². The summed E-state index contributed by atoms with van der Waals surface area (Å²) in [5, 5.41) is 1.41. The topological polar surface area (TPSA) is 41.9 Å². The van der Waals surface area contributed by atoms with Crippen LogP contribution in [0.2, 0.25) is 0 Å². The summed E-state index contributed by atoms with van der Waals surface area (Å²) in [6.07, 6.45) is 10.6. The molecular weight excluding hydrogens is 464 g/mol. The quantitative estimate of drug-likeness (QED) is 0.120. The van der Waals surface area contributed by atoms with Crippen LogP contribution >= 0.6 is 15.9 Å². The number of aliphatic imine (C=N–C) groups is 1. The van der Waals surface area contributed by atoms with Gasteiger partial charge in [0.1, 0.15) is 0 Å². The lowest BCUT2D eigenvalue weighted by Gasteiger charge is -2.18. The molecule has 0 radical (unpaired) electrons. The molecule has 1 aromatic rings. The Bertz CT molecular complexity index is 832. The summed E-state index contributed by atoms with van der Waals surface area (Å²) in [7, 11) is 3.39. The van der Waals surface area contributed by atoms with Crippen LogP contribution in [0.4, 0.5) is 0 Å². The minimum absolute atomic E-state index is 0.331. The van der Waals surface area contributed by atoms with E-state index in [1.54, 1.807) is 20.2 Å². The highest BCUT2D eigenvalue weighted by molar-refractivity contribution is 9.11. The zero-order valence-electron chi connectivity index (χ0n) is 20.6. The van der Waals surface area contributed by atoms with Gasteiger partial charge in [0.15, 0.2) is 0 Å². The lowest BCUT2D eigenvalue weighted by atomic mass is 9.90. The highest BCUT2D eigenvalue weighted by atomic mass is 79.9. The number of unbranched alkanes of at least 4 members (excludes halogenated alkanes) is 1. The molecule has 0 amide bonds. The van der Waals surface area contributed by atoms with Gasteiger partial charge in [0, 0.05) is 30.2 Å². The molecule has 32 heavy (non-hydrogen) atoms. The maximum atomic E-state index is 11.9. The standard InChI is InChI=1S/C27H39BrN2O2/c1-8-12-23(26(19-20(3)4)29-21(5)25(28)9-2)14-11-10-13-22-15-17-24(18-16-22)27(31)32-30(6)7/h9,15-19,23H,2,8,10-14H2,1,3-7H3/b25-21-,29-26?. The van der Waals surface area contributed by atoms with E-state index >= 15 is 0 Å². The van der Waals surface area contributed by atoms with E-state index in [0.717, 1.165) is 54.4 Å². The van der Waals surface area contributed by atoms with Crippen molar-refractivity contribution in [3.05, 3.63) is 69.9 Å². The predicted molar refractivity (Wildman–Crippen MR) is 140 cm³/mol. The molecule has 1 atom stereocenters. The Morgan fingerprint density at radius 3 is 2.34 bits per heavy atom. The minimum atomic E-state index is -0.331. The highest BCUT2D eigenvalue weighted by Gasteiger charge is 2.14. The minimum Gasteiger partial charge on any atom is -0.364 e. The molecule has 0 spiro atoms. The van der Waals surface area contributed by atoms with Crippen molar-refractivity contribution < 1.29 is 9.63 Å². The van der Waals surface area contributed by atoms with Crippen molar-refractivity contribution in [1.82, 2.24) is 5.06 Å². The van der Waals surface area contributed by atoms with E-state index < -0.39 is 0 Å². The maximum absolute atomic E-state index is 11.9. The summed E-state index contributed by atoms with van der Waals surface area (Å²) in [6.45, 7) is 12.3. The van der Waals surface area contributed by atoms with Crippen molar-refractivity contribution >= 4 is 27.6 Å². The van der Waals surface area contributed by atoms with E-state index in [2.05, 4.69) is 49.4 Å². The second kappa shape index (κ2) is 15.0. The van der Waals surface area contributed by atoms with Crippen molar-refractivity contribution in [2.45, 2.75) is 66.2 Å². The van der Waals surface area contributed by atoms with Gasteiger partial charge in [-0.15, -0.1) is 5.06 Å². The van der Waals surface area contributed by atoms with Crippen molar-refractivity contribution in [3.8, 4) is 0 Å². The summed E-state index contributed by atoms with van der Waals surface area (Å²) in [4.78, 5) is 22.0. The molecule has 176 valence electrons. The average molecular weight is 504 g/mol. The first kappa shape index (κ1) is 28.1. The van der Waals surface area contributed by atoms with E-state index in [9.17, 15) is 4.79 Å². The fourth-order valence-electron chi connectivity index (χ4n) is 3.47. The van der Waals surface area contributed by atoms with Crippen LogP contribution in [0.25, 0.3) is 0 Å². The van der Waals surface area contributed by atoms with Crippen LogP contribution in [-0.4, -0.2) is 30.8 Å². The number of hydroxylamine groups is 2. The van der Waals surface area contributed by atoms with Gasteiger partial charge in [-0.2, -0.15) is 0 Å². The predicted octanol–water partition coefficient (Wildman–Crippen LogP) is 7.67. The molecule has 0 fully saturated rings. The smallest absolute Gasteiger partial charge is 0.356 e. The molecule has 0 aliphatic carbocycles. The number of benzene rings is 1. The van der Waals surface area contributed by atoms with E-state index in [4.69, 9.17) is 9.83 Å². The van der Waals surface area contributed by atoms with Crippen LogP contribution in [0, 0.1) is 5.92 Å². The highest BCUT2D eigenvalue weighted by Crippen LogP contribution is 2.23. The molecule has 1 unspecified atom stereocenters. The van der Waals surface area contributed by atoms with Gasteiger partial charge in [-0.1, -0.05) is 50.1 Å². The number of carbonyl (C=O) groups excluding carboxylic acids is 1. The second-order valence-corrected chi connectivity index (χ2v) is 9.37. The third kappa shape index (κ3) is 10.6. The Balaban J connectivity index is 2.77. The zero-order valence-corrected chi connectivity index (χ0v) is 22.2. The zero-order chi connectivity index (χ0) is 24.1. The van der Waals surface area contributed by atoms with Gasteiger partial charge in [-0.3, -0.25) is 4.99 Å². The molecule has 0 heterocycles. The molecular formula is C27H39BrN2O2. The maximum Gasteiger partial charge on any atom is 0.356 e. The van der Waals surface area contributed by atoms with Crippen LogP contribution in [-0.2, 0) is 11.3 Å². The summed E-state index contributed by atoms with van der Waals surface area (Å²) in [5.41, 5.74) is 5.20. The van der Waals surface area contributed by atoms with Crippen molar-refractivity contribution in [2.75, 3.05) is 14.1 Å².